The molecule has 1 aromatic carbocycles. The summed E-state index contributed by atoms with van der Waals surface area (Å²) in [4.78, 5) is 12.3. The molecule has 0 aliphatic rings. The van der Waals surface area contributed by atoms with E-state index in [-0.39, 0.29) is 10.6 Å². The van der Waals surface area contributed by atoms with E-state index in [1.54, 1.807) is 6.07 Å². The maximum atomic E-state index is 10.7. The Hall–Kier alpha value is -1.42. The lowest BCUT2D eigenvalue weighted by molar-refractivity contribution is -0.385. The highest BCUT2D eigenvalue weighted by Gasteiger charge is 2.13. The Morgan fingerprint density at radius 3 is 2.57 bits per heavy atom. The number of hydrogen-bond donors (Lipinski definition) is 0. The number of aryl methyl sites for hydroxylation is 1. The van der Waals surface area contributed by atoms with Crippen LogP contribution in [0, 0.1) is 17.0 Å². The zero-order chi connectivity index (χ0) is 10.7. The number of hydrogen-bond acceptors (Lipinski definition) is 3. The van der Waals surface area contributed by atoms with Crippen molar-refractivity contribution in [3.8, 4) is 0 Å². The molecule has 0 unspecified atom stereocenters. The van der Waals surface area contributed by atoms with Crippen LogP contribution in [0.3, 0.4) is 0 Å². The van der Waals surface area contributed by atoms with Crippen LogP contribution in [-0.2, 0) is 6.54 Å². The van der Waals surface area contributed by atoms with Crippen molar-refractivity contribution in [2.45, 2.75) is 13.5 Å². The van der Waals surface area contributed by atoms with E-state index in [0.717, 1.165) is 11.1 Å². The molecule has 0 heterocycles. The van der Waals surface area contributed by atoms with Crippen LogP contribution in [0.4, 0.5) is 5.69 Å². The molecule has 76 valence electrons. The van der Waals surface area contributed by atoms with Crippen LogP contribution >= 0.6 is 0 Å². The molecule has 0 radical (unpaired) electrons. The van der Waals surface area contributed by atoms with Crippen molar-refractivity contribution in [3.05, 3.63) is 39.4 Å². The Balaban J connectivity index is 3.08. The van der Waals surface area contributed by atoms with Crippen molar-refractivity contribution in [1.82, 2.24) is 4.90 Å². The maximum Gasteiger partial charge on any atom is 0.274 e. The van der Waals surface area contributed by atoms with Crippen molar-refractivity contribution in [1.29, 1.82) is 0 Å². The zero-order valence-electron chi connectivity index (χ0n) is 8.65. The van der Waals surface area contributed by atoms with Crippen LogP contribution in [0.15, 0.2) is 18.2 Å². The molecule has 0 saturated carbocycles. The van der Waals surface area contributed by atoms with E-state index in [9.17, 15) is 10.1 Å². The third kappa shape index (κ3) is 2.53. The third-order valence-electron chi connectivity index (χ3n) is 1.92. The predicted octanol–water partition coefficient (Wildman–Crippen LogP) is 1.96. The Labute approximate surface area is 83.3 Å². The maximum absolute atomic E-state index is 10.7. The summed E-state index contributed by atoms with van der Waals surface area (Å²) in [6.07, 6.45) is 0. The van der Waals surface area contributed by atoms with Crippen LogP contribution in [0.25, 0.3) is 0 Å². The summed E-state index contributed by atoms with van der Waals surface area (Å²) >= 11 is 0. The highest BCUT2D eigenvalue weighted by molar-refractivity contribution is 5.42. The standard InChI is InChI=1S/C10H14N2O2/c1-8-4-5-9(7-11(2)3)10(6-8)12(13)14/h4-6H,7H2,1-3H3. The van der Waals surface area contributed by atoms with E-state index in [1.807, 2.05) is 38.1 Å². The second kappa shape index (κ2) is 4.19. The van der Waals surface area contributed by atoms with Crippen molar-refractivity contribution in [2.24, 2.45) is 0 Å². The van der Waals surface area contributed by atoms with Gasteiger partial charge in [-0.3, -0.25) is 10.1 Å². The van der Waals surface area contributed by atoms with Gasteiger partial charge in [-0.2, -0.15) is 0 Å². The van der Waals surface area contributed by atoms with Crippen molar-refractivity contribution >= 4 is 5.69 Å². The third-order valence-corrected chi connectivity index (χ3v) is 1.92. The molecule has 14 heavy (non-hydrogen) atoms. The van der Waals surface area contributed by atoms with Crippen LogP contribution in [0.5, 0.6) is 0 Å². The van der Waals surface area contributed by atoms with Gasteiger partial charge < -0.3 is 4.90 Å². The van der Waals surface area contributed by atoms with Gasteiger partial charge in [-0.15, -0.1) is 0 Å². The molecule has 1 aromatic rings. The van der Waals surface area contributed by atoms with E-state index in [2.05, 4.69) is 0 Å². The first-order chi connectivity index (χ1) is 6.50. The molecule has 1 rings (SSSR count). The molecule has 0 aliphatic carbocycles. The lowest BCUT2D eigenvalue weighted by Crippen LogP contribution is -2.12. The fraction of sp³-hybridized carbons (Fsp3) is 0.400. The van der Waals surface area contributed by atoms with Gasteiger partial charge in [-0.05, 0) is 26.6 Å². The van der Waals surface area contributed by atoms with Crippen molar-refractivity contribution in [2.75, 3.05) is 14.1 Å². The Bertz CT molecular complexity index is 348. The van der Waals surface area contributed by atoms with E-state index < -0.39 is 0 Å². The van der Waals surface area contributed by atoms with E-state index in [4.69, 9.17) is 0 Å². The fourth-order valence-electron chi connectivity index (χ4n) is 1.32. The molecule has 0 saturated heterocycles. The average molecular weight is 194 g/mol. The highest BCUT2D eigenvalue weighted by Crippen LogP contribution is 2.20. The summed E-state index contributed by atoms with van der Waals surface area (Å²) in [5.74, 6) is 0. The lowest BCUT2D eigenvalue weighted by atomic mass is 10.1. The zero-order valence-corrected chi connectivity index (χ0v) is 8.65. The first-order valence-electron chi connectivity index (χ1n) is 4.39. The topological polar surface area (TPSA) is 46.4 Å². The van der Waals surface area contributed by atoms with E-state index in [0.29, 0.717) is 6.54 Å². The first kappa shape index (κ1) is 10.7. The number of benzene rings is 1. The van der Waals surface area contributed by atoms with Gasteiger partial charge in [0.1, 0.15) is 0 Å². The molecule has 0 N–H and O–H groups in total. The van der Waals surface area contributed by atoms with Crippen LogP contribution < -0.4 is 0 Å². The monoisotopic (exact) mass is 194 g/mol. The minimum Gasteiger partial charge on any atom is -0.305 e. The minimum absolute atomic E-state index is 0.207. The SMILES string of the molecule is Cc1ccc(CN(C)C)c([N+](=O)[O-])c1. The Kier molecular flexibility index (Phi) is 3.19. The summed E-state index contributed by atoms with van der Waals surface area (Å²) in [7, 11) is 3.78. The van der Waals surface area contributed by atoms with Crippen LogP contribution in [0.1, 0.15) is 11.1 Å². The lowest BCUT2D eigenvalue weighted by Gasteiger charge is -2.09. The summed E-state index contributed by atoms with van der Waals surface area (Å²) in [6.45, 7) is 2.45. The molecular weight excluding hydrogens is 180 g/mol. The number of nitro groups is 1. The average Bonchev–Trinajstić information content (AvgIpc) is 2.07. The van der Waals surface area contributed by atoms with Crippen LogP contribution in [-0.4, -0.2) is 23.9 Å². The summed E-state index contributed by atoms with van der Waals surface area (Å²) < 4.78 is 0. The van der Waals surface area contributed by atoms with Gasteiger partial charge in [0.15, 0.2) is 0 Å². The number of nitro benzene ring substituents is 1. The van der Waals surface area contributed by atoms with Gasteiger partial charge in [0.25, 0.3) is 5.69 Å². The fourth-order valence-corrected chi connectivity index (χ4v) is 1.32. The smallest absolute Gasteiger partial charge is 0.274 e. The first-order valence-corrected chi connectivity index (χ1v) is 4.39. The van der Waals surface area contributed by atoms with Gasteiger partial charge >= 0.3 is 0 Å². The molecule has 0 amide bonds. The predicted molar refractivity (Wildman–Crippen MR) is 55.2 cm³/mol. The molecule has 0 spiro atoms. The highest BCUT2D eigenvalue weighted by atomic mass is 16.6. The van der Waals surface area contributed by atoms with Gasteiger partial charge in [0.05, 0.1) is 4.92 Å². The summed E-state index contributed by atoms with van der Waals surface area (Å²) in [5.41, 5.74) is 1.88. The Morgan fingerprint density at radius 2 is 2.07 bits per heavy atom. The second-order valence-electron chi connectivity index (χ2n) is 3.63. The molecule has 4 heteroatoms. The molecule has 0 atom stereocenters. The van der Waals surface area contributed by atoms with Gasteiger partial charge in [-0.25, -0.2) is 0 Å². The molecule has 0 bridgehead atoms. The molecule has 4 nitrogen and oxygen atoms in total. The molecular formula is C10H14N2O2. The van der Waals surface area contributed by atoms with E-state index in [1.165, 1.54) is 0 Å². The van der Waals surface area contributed by atoms with E-state index >= 15 is 0 Å². The number of nitrogens with zero attached hydrogens (tertiary/aromatic N) is 2. The molecule has 0 aromatic heterocycles. The number of rotatable bonds is 3. The normalized spacial score (nSPS) is 10.6. The largest absolute Gasteiger partial charge is 0.305 e. The Morgan fingerprint density at radius 1 is 1.43 bits per heavy atom. The summed E-state index contributed by atoms with van der Waals surface area (Å²) in [6, 6.07) is 5.32. The van der Waals surface area contributed by atoms with Crippen molar-refractivity contribution < 1.29 is 4.92 Å². The van der Waals surface area contributed by atoms with Gasteiger partial charge in [0.2, 0.25) is 0 Å². The van der Waals surface area contributed by atoms with Crippen molar-refractivity contribution in [3.63, 3.8) is 0 Å². The summed E-state index contributed by atoms with van der Waals surface area (Å²) in [5, 5.41) is 10.7. The van der Waals surface area contributed by atoms with Gasteiger partial charge in [0, 0.05) is 18.2 Å². The second-order valence-corrected chi connectivity index (χ2v) is 3.63. The molecule has 0 aliphatic heterocycles. The minimum atomic E-state index is -0.328. The van der Waals surface area contributed by atoms with Crippen LogP contribution in [0.2, 0.25) is 0 Å². The van der Waals surface area contributed by atoms with Gasteiger partial charge in [-0.1, -0.05) is 12.1 Å². The molecule has 0 fully saturated rings. The quantitative estimate of drug-likeness (QED) is 0.546.